The first-order valence-electron chi connectivity index (χ1n) is 11.1. The zero-order valence-corrected chi connectivity index (χ0v) is 20.1. The van der Waals surface area contributed by atoms with E-state index in [-0.39, 0.29) is 11.3 Å². The molecule has 0 radical (unpaired) electrons. The number of alkyl halides is 3. The van der Waals surface area contributed by atoms with Crippen LogP contribution in [0.4, 0.5) is 13.2 Å². The van der Waals surface area contributed by atoms with Crippen molar-refractivity contribution in [2.24, 2.45) is 0 Å². The lowest BCUT2D eigenvalue weighted by Crippen LogP contribution is -2.35. The van der Waals surface area contributed by atoms with Crippen LogP contribution in [-0.4, -0.2) is 15.9 Å². The van der Waals surface area contributed by atoms with Crippen LogP contribution in [0.2, 0.25) is 0 Å². The van der Waals surface area contributed by atoms with Crippen molar-refractivity contribution in [1.29, 1.82) is 0 Å². The molecule has 0 fully saturated rings. The van der Waals surface area contributed by atoms with Gasteiger partial charge in [-0.05, 0) is 66.4 Å². The lowest BCUT2D eigenvalue weighted by atomic mass is 9.95. The minimum Gasteiger partial charge on any atom is -0.341 e. The van der Waals surface area contributed by atoms with Gasteiger partial charge in [-0.1, -0.05) is 42.1 Å². The molecule has 2 N–H and O–H groups in total. The van der Waals surface area contributed by atoms with Gasteiger partial charge in [-0.15, -0.1) is 0 Å². The van der Waals surface area contributed by atoms with E-state index in [2.05, 4.69) is 10.3 Å². The van der Waals surface area contributed by atoms with Crippen molar-refractivity contribution in [3.05, 3.63) is 111 Å². The largest absolute Gasteiger partial charge is 0.432 e. The highest BCUT2D eigenvalue weighted by atomic mass is 32.2. The Morgan fingerprint density at radius 3 is 2.17 bits per heavy atom. The van der Waals surface area contributed by atoms with Crippen molar-refractivity contribution in [2.75, 3.05) is 0 Å². The third-order valence-electron chi connectivity index (χ3n) is 5.97. The van der Waals surface area contributed by atoms with Gasteiger partial charge in [-0.2, -0.15) is 13.2 Å². The molecule has 5 nitrogen and oxygen atoms in total. The Kier molecular flexibility index (Phi) is 5.96. The number of aromatic amines is 1. The maximum Gasteiger partial charge on any atom is 0.432 e. The third-order valence-corrected chi connectivity index (χ3v) is 7.11. The Morgan fingerprint density at radius 2 is 1.61 bits per heavy atom. The molecule has 3 heterocycles. The average Bonchev–Trinajstić information content (AvgIpc) is 2.83. The van der Waals surface area contributed by atoms with Crippen LogP contribution in [0.1, 0.15) is 44.3 Å². The van der Waals surface area contributed by atoms with Gasteiger partial charge in [0.05, 0.1) is 11.7 Å². The van der Waals surface area contributed by atoms with Gasteiger partial charge in [0, 0.05) is 21.6 Å². The SMILES string of the molecule is Cc1ccc2c(c1)Sc1cc(C)ccc1C2NC(=O)c1cc(-c2ccccn2)c(C(F)(F)F)[nH]c1=O. The fraction of sp³-hybridized carbons (Fsp3) is 0.148. The average molecular weight is 508 g/mol. The molecule has 4 aromatic rings. The molecule has 182 valence electrons. The number of hydrogen-bond donors (Lipinski definition) is 2. The van der Waals surface area contributed by atoms with Crippen molar-refractivity contribution in [2.45, 2.75) is 35.9 Å². The molecular formula is C27H20F3N3O2S. The number of H-pyrrole nitrogens is 1. The molecule has 1 amide bonds. The van der Waals surface area contributed by atoms with Gasteiger partial charge in [0.15, 0.2) is 0 Å². The van der Waals surface area contributed by atoms with Crippen molar-refractivity contribution in [3.8, 4) is 11.3 Å². The summed E-state index contributed by atoms with van der Waals surface area (Å²) in [7, 11) is 0. The second-order valence-corrected chi connectivity index (χ2v) is 9.69. The lowest BCUT2D eigenvalue weighted by molar-refractivity contribution is -0.140. The standard InChI is InChI=1S/C27H20F3N3O2S/c1-14-6-8-16-21(11-14)36-22-12-15(2)7-9-17(22)23(16)32-25(34)19-13-18(20-5-3-4-10-31-20)24(27(28,29)30)33-26(19)35/h3-13,23H,1-2H3,(H,32,34)(H,33,35). The van der Waals surface area contributed by atoms with Crippen molar-refractivity contribution in [3.63, 3.8) is 0 Å². The summed E-state index contributed by atoms with van der Waals surface area (Å²) in [6.45, 7) is 3.95. The highest BCUT2D eigenvalue weighted by Gasteiger charge is 2.37. The Labute approximate surface area is 208 Å². The van der Waals surface area contributed by atoms with Crippen LogP contribution in [-0.2, 0) is 6.18 Å². The topological polar surface area (TPSA) is 74.8 Å². The molecule has 0 spiro atoms. The quantitative estimate of drug-likeness (QED) is 0.354. The molecule has 9 heteroatoms. The summed E-state index contributed by atoms with van der Waals surface area (Å²) in [4.78, 5) is 33.9. The number of hydrogen-bond acceptors (Lipinski definition) is 4. The highest BCUT2D eigenvalue weighted by Crippen LogP contribution is 2.45. The van der Waals surface area contributed by atoms with Crippen LogP contribution in [0, 0.1) is 13.8 Å². The van der Waals surface area contributed by atoms with Gasteiger partial charge in [0.1, 0.15) is 11.3 Å². The van der Waals surface area contributed by atoms with Crippen LogP contribution in [0.3, 0.4) is 0 Å². The molecule has 0 bridgehead atoms. The number of amides is 1. The summed E-state index contributed by atoms with van der Waals surface area (Å²) in [5.41, 5.74) is 0.626. The number of aromatic nitrogens is 2. The summed E-state index contributed by atoms with van der Waals surface area (Å²) in [6, 6.07) is 16.6. The predicted molar refractivity (Wildman–Crippen MR) is 131 cm³/mol. The van der Waals surface area contributed by atoms with Crippen LogP contribution in [0.5, 0.6) is 0 Å². The number of carbonyl (C=O) groups excluding carboxylic acids is 1. The number of halogens is 3. The summed E-state index contributed by atoms with van der Waals surface area (Å²) in [5, 5.41) is 2.89. The van der Waals surface area contributed by atoms with E-state index in [1.54, 1.807) is 17.8 Å². The molecule has 0 atom stereocenters. The monoisotopic (exact) mass is 507 g/mol. The van der Waals surface area contributed by atoms with Crippen LogP contribution >= 0.6 is 11.8 Å². The minimum atomic E-state index is -4.84. The van der Waals surface area contributed by atoms with Gasteiger partial charge in [0.2, 0.25) is 0 Å². The minimum absolute atomic E-state index is 0.00849. The molecule has 1 aliphatic rings. The number of carbonyl (C=O) groups is 1. The molecule has 0 aliphatic carbocycles. The molecule has 2 aromatic heterocycles. The number of aryl methyl sites for hydroxylation is 2. The van der Waals surface area contributed by atoms with Gasteiger partial charge in [-0.25, -0.2) is 0 Å². The zero-order valence-electron chi connectivity index (χ0n) is 19.2. The predicted octanol–water partition coefficient (Wildman–Crippen LogP) is 6.06. The Balaban J connectivity index is 1.60. The van der Waals surface area contributed by atoms with Crippen LogP contribution < -0.4 is 10.9 Å². The van der Waals surface area contributed by atoms with E-state index in [0.29, 0.717) is 0 Å². The normalized spacial score (nSPS) is 13.1. The molecule has 2 aromatic carbocycles. The van der Waals surface area contributed by atoms with Crippen LogP contribution in [0.25, 0.3) is 11.3 Å². The molecule has 36 heavy (non-hydrogen) atoms. The van der Waals surface area contributed by atoms with Gasteiger partial charge in [0.25, 0.3) is 11.5 Å². The molecule has 0 unspecified atom stereocenters. The first-order chi connectivity index (χ1) is 17.1. The smallest absolute Gasteiger partial charge is 0.341 e. The van der Waals surface area contributed by atoms with E-state index in [4.69, 9.17) is 0 Å². The Morgan fingerprint density at radius 1 is 0.972 bits per heavy atom. The number of pyridine rings is 2. The van der Waals surface area contributed by atoms with E-state index in [1.165, 1.54) is 18.3 Å². The first kappa shape index (κ1) is 23.9. The van der Waals surface area contributed by atoms with E-state index in [0.717, 1.165) is 38.1 Å². The fourth-order valence-corrected chi connectivity index (χ4v) is 5.57. The number of rotatable bonds is 3. The fourth-order valence-electron chi connectivity index (χ4n) is 4.23. The van der Waals surface area contributed by atoms with Gasteiger partial charge in [-0.3, -0.25) is 14.6 Å². The Hall–Kier alpha value is -3.85. The molecule has 0 saturated heterocycles. The summed E-state index contributed by atoms with van der Waals surface area (Å²) >= 11 is 1.59. The number of nitrogens with one attached hydrogen (secondary N) is 2. The van der Waals surface area contributed by atoms with Gasteiger partial charge < -0.3 is 10.3 Å². The van der Waals surface area contributed by atoms with E-state index >= 15 is 0 Å². The highest BCUT2D eigenvalue weighted by molar-refractivity contribution is 7.99. The number of benzene rings is 2. The summed E-state index contributed by atoms with van der Waals surface area (Å²) in [5.74, 6) is -0.780. The van der Waals surface area contributed by atoms with Crippen LogP contribution in [0.15, 0.2) is 81.4 Å². The number of fused-ring (bicyclic) bond motifs is 2. The zero-order chi connectivity index (χ0) is 25.6. The maximum atomic E-state index is 13.7. The molecule has 5 rings (SSSR count). The molecular weight excluding hydrogens is 487 g/mol. The van der Waals surface area contributed by atoms with E-state index in [1.807, 2.05) is 55.2 Å². The van der Waals surface area contributed by atoms with Crippen molar-refractivity contribution < 1.29 is 18.0 Å². The van der Waals surface area contributed by atoms with E-state index in [9.17, 15) is 22.8 Å². The molecule has 0 saturated carbocycles. The van der Waals surface area contributed by atoms with Crippen molar-refractivity contribution in [1.82, 2.24) is 15.3 Å². The van der Waals surface area contributed by atoms with Gasteiger partial charge >= 0.3 is 6.18 Å². The second kappa shape index (κ2) is 8.98. The second-order valence-electron chi connectivity index (χ2n) is 8.60. The number of nitrogens with zero attached hydrogens (tertiary/aromatic N) is 1. The van der Waals surface area contributed by atoms with Crippen molar-refractivity contribution >= 4 is 17.7 Å². The Bertz CT molecular complexity index is 1500. The summed E-state index contributed by atoms with van der Waals surface area (Å²) < 4.78 is 41.1. The summed E-state index contributed by atoms with van der Waals surface area (Å²) in [6.07, 6.45) is -3.49. The maximum absolute atomic E-state index is 13.7. The first-order valence-corrected chi connectivity index (χ1v) is 11.9. The molecule has 1 aliphatic heterocycles. The van der Waals surface area contributed by atoms with E-state index < -0.39 is 34.9 Å². The lowest BCUT2D eigenvalue weighted by Gasteiger charge is -2.29. The third kappa shape index (κ3) is 4.42.